The van der Waals surface area contributed by atoms with Gasteiger partial charge in [-0.15, -0.1) is 0 Å². The van der Waals surface area contributed by atoms with E-state index in [2.05, 4.69) is 5.10 Å². The fraction of sp³-hybridized carbons (Fsp3) is 0.227. The third kappa shape index (κ3) is 3.52. The summed E-state index contributed by atoms with van der Waals surface area (Å²) in [7, 11) is 3.40. The first kappa shape index (κ1) is 18.9. The van der Waals surface area contributed by atoms with Crippen LogP contribution in [0.15, 0.2) is 69.0 Å². The van der Waals surface area contributed by atoms with Gasteiger partial charge in [0.15, 0.2) is 5.69 Å². The van der Waals surface area contributed by atoms with Crippen molar-refractivity contribution in [1.82, 2.24) is 4.57 Å². The molecule has 4 rings (SSSR count). The highest BCUT2D eigenvalue weighted by molar-refractivity contribution is 6.11. The molecule has 0 bridgehead atoms. The number of aliphatic hydroxyl groups is 1. The third-order valence-electron chi connectivity index (χ3n) is 4.87. The van der Waals surface area contributed by atoms with Gasteiger partial charge in [-0.25, -0.2) is 4.57 Å². The van der Waals surface area contributed by atoms with Crippen molar-refractivity contribution in [2.75, 3.05) is 11.6 Å². The molecule has 0 spiro atoms. The van der Waals surface area contributed by atoms with Crippen molar-refractivity contribution in [1.29, 1.82) is 0 Å². The Balaban J connectivity index is 1.84. The molecule has 2 aromatic heterocycles. The van der Waals surface area contributed by atoms with E-state index in [4.69, 9.17) is 4.42 Å². The maximum Gasteiger partial charge on any atom is 0.497 e. The molecule has 1 unspecified atom stereocenters. The number of hydrogen-bond acceptors (Lipinski definition) is 5. The van der Waals surface area contributed by atoms with Crippen LogP contribution >= 0.6 is 0 Å². The number of para-hydroxylation sites is 1. The summed E-state index contributed by atoms with van der Waals surface area (Å²) in [6.07, 6.45) is 2.73. The van der Waals surface area contributed by atoms with Crippen molar-refractivity contribution < 1.29 is 14.1 Å². The van der Waals surface area contributed by atoms with Crippen LogP contribution < -0.4 is 15.3 Å². The molecule has 0 saturated carbocycles. The van der Waals surface area contributed by atoms with Crippen LogP contribution in [0, 0.1) is 0 Å². The molecule has 0 amide bonds. The smallest absolute Gasteiger partial charge is 0.456 e. The third-order valence-corrected chi connectivity index (χ3v) is 4.87. The SMILES string of the molecule is CC(O)CN(N=Cc1cc[n+](C)c(=O)n1C)c1cccc2oc3ccccc3c12. The summed E-state index contributed by atoms with van der Waals surface area (Å²) in [6.45, 7) is 2.01. The van der Waals surface area contributed by atoms with Gasteiger partial charge in [-0.3, -0.25) is 5.01 Å². The average Bonchev–Trinajstić information content (AvgIpc) is 3.09. The Morgan fingerprint density at radius 1 is 1.21 bits per heavy atom. The van der Waals surface area contributed by atoms with Crippen LogP contribution in [-0.2, 0) is 14.1 Å². The van der Waals surface area contributed by atoms with Crippen molar-refractivity contribution in [3.63, 3.8) is 0 Å². The predicted octanol–water partition coefficient (Wildman–Crippen LogP) is 2.33. The number of hydrogen-bond donors (Lipinski definition) is 1. The molecule has 2 heterocycles. The van der Waals surface area contributed by atoms with E-state index >= 15 is 0 Å². The Morgan fingerprint density at radius 3 is 2.76 bits per heavy atom. The van der Waals surface area contributed by atoms with E-state index in [-0.39, 0.29) is 5.69 Å². The lowest BCUT2D eigenvalue weighted by atomic mass is 10.1. The van der Waals surface area contributed by atoms with E-state index in [1.54, 1.807) is 38.4 Å². The molecule has 0 aliphatic heterocycles. The summed E-state index contributed by atoms with van der Waals surface area (Å²) in [5.74, 6) is 0. The van der Waals surface area contributed by atoms with E-state index < -0.39 is 6.10 Å². The quantitative estimate of drug-likeness (QED) is 0.322. The van der Waals surface area contributed by atoms with Crippen molar-refractivity contribution in [3.05, 3.63) is 70.9 Å². The molecule has 0 aliphatic carbocycles. The molecule has 29 heavy (non-hydrogen) atoms. The van der Waals surface area contributed by atoms with Gasteiger partial charge in [0.2, 0.25) is 0 Å². The van der Waals surface area contributed by atoms with Crippen LogP contribution in [0.25, 0.3) is 21.9 Å². The summed E-state index contributed by atoms with van der Waals surface area (Å²) in [5.41, 5.74) is 2.91. The molecule has 7 heteroatoms. The molecule has 7 nitrogen and oxygen atoms in total. The lowest BCUT2D eigenvalue weighted by Crippen LogP contribution is -2.51. The average molecular weight is 391 g/mol. The van der Waals surface area contributed by atoms with Crippen molar-refractivity contribution in [3.8, 4) is 0 Å². The number of aromatic nitrogens is 2. The number of anilines is 1. The normalized spacial score (nSPS) is 12.8. The van der Waals surface area contributed by atoms with Crippen molar-refractivity contribution >= 4 is 33.8 Å². The second kappa shape index (κ2) is 7.52. The van der Waals surface area contributed by atoms with Gasteiger partial charge in [0.1, 0.15) is 11.2 Å². The monoisotopic (exact) mass is 391 g/mol. The Labute approximate surface area is 167 Å². The lowest BCUT2D eigenvalue weighted by molar-refractivity contribution is -0.690. The zero-order valence-electron chi connectivity index (χ0n) is 16.6. The number of aryl methyl sites for hydroxylation is 1. The number of benzene rings is 2. The van der Waals surface area contributed by atoms with Gasteiger partial charge in [-0.1, -0.05) is 24.3 Å². The van der Waals surface area contributed by atoms with Crippen LogP contribution in [-0.4, -0.2) is 28.5 Å². The Bertz CT molecular complexity index is 1270. The molecule has 4 aromatic rings. The number of rotatable bonds is 5. The van der Waals surface area contributed by atoms with Crippen molar-refractivity contribution in [2.45, 2.75) is 13.0 Å². The van der Waals surface area contributed by atoms with Crippen LogP contribution in [0.4, 0.5) is 5.69 Å². The fourth-order valence-corrected chi connectivity index (χ4v) is 3.40. The first-order valence-corrected chi connectivity index (χ1v) is 9.41. The molecular formula is C22H23N4O3+. The second-order valence-corrected chi connectivity index (χ2v) is 7.12. The molecule has 0 saturated heterocycles. The summed E-state index contributed by atoms with van der Waals surface area (Å²) < 4.78 is 9.00. The molecule has 148 valence electrons. The van der Waals surface area contributed by atoms with E-state index in [1.807, 2.05) is 48.5 Å². The van der Waals surface area contributed by atoms with Crippen LogP contribution in [0.2, 0.25) is 0 Å². The minimum Gasteiger partial charge on any atom is -0.456 e. The summed E-state index contributed by atoms with van der Waals surface area (Å²) >= 11 is 0. The highest BCUT2D eigenvalue weighted by Crippen LogP contribution is 2.36. The van der Waals surface area contributed by atoms with Gasteiger partial charge in [0.05, 0.1) is 50.2 Å². The highest BCUT2D eigenvalue weighted by atomic mass is 16.3. The first-order valence-electron chi connectivity index (χ1n) is 9.41. The Morgan fingerprint density at radius 2 is 1.97 bits per heavy atom. The fourth-order valence-electron chi connectivity index (χ4n) is 3.40. The summed E-state index contributed by atoms with van der Waals surface area (Å²) in [4.78, 5) is 12.2. The largest absolute Gasteiger partial charge is 0.497 e. The summed E-state index contributed by atoms with van der Waals surface area (Å²) in [6, 6.07) is 15.4. The maximum atomic E-state index is 12.2. The van der Waals surface area contributed by atoms with Crippen LogP contribution in [0.1, 0.15) is 12.6 Å². The molecule has 1 atom stereocenters. The van der Waals surface area contributed by atoms with Gasteiger partial charge in [-0.05, 0) is 25.1 Å². The molecule has 2 aromatic carbocycles. The lowest BCUT2D eigenvalue weighted by Gasteiger charge is -2.21. The van der Waals surface area contributed by atoms with Crippen LogP contribution in [0.3, 0.4) is 0 Å². The van der Waals surface area contributed by atoms with Gasteiger partial charge in [0, 0.05) is 11.5 Å². The number of hydrazone groups is 1. The van der Waals surface area contributed by atoms with Gasteiger partial charge in [0.25, 0.3) is 0 Å². The topological polar surface area (TPSA) is 74.8 Å². The van der Waals surface area contributed by atoms with Gasteiger partial charge in [-0.2, -0.15) is 14.5 Å². The number of nitrogens with zero attached hydrogens (tertiary/aromatic N) is 4. The Kier molecular flexibility index (Phi) is 4.90. The zero-order chi connectivity index (χ0) is 20.5. The van der Waals surface area contributed by atoms with E-state index in [0.717, 1.165) is 27.6 Å². The predicted molar refractivity (Wildman–Crippen MR) is 113 cm³/mol. The number of furan rings is 1. The highest BCUT2D eigenvalue weighted by Gasteiger charge is 2.17. The van der Waals surface area contributed by atoms with E-state index in [1.165, 1.54) is 9.13 Å². The van der Waals surface area contributed by atoms with E-state index in [9.17, 15) is 9.90 Å². The van der Waals surface area contributed by atoms with Gasteiger partial charge >= 0.3 is 5.69 Å². The van der Waals surface area contributed by atoms with E-state index in [0.29, 0.717) is 12.2 Å². The minimum atomic E-state index is -0.599. The van der Waals surface area contributed by atoms with Crippen molar-refractivity contribution in [2.24, 2.45) is 19.2 Å². The molecule has 0 fully saturated rings. The minimum absolute atomic E-state index is 0.140. The first-order chi connectivity index (χ1) is 14.0. The Hall–Kier alpha value is -3.45. The van der Waals surface area contributed by atoms with Gasteiger partial charge < -0.3 is 9.52 Å². The standard InChI is InChI=1S/C22H23N4O3/c1-15(27)14-26(23-13-16-11-12-24(2)22(28)25(16)3)18-8-6-10-20-21(18)17-7-4-5-9-19(17)29-20/h4-13,15,27H,14H2,1-3H3/q+1. The molecular weight excluding hydrogens is 368 g/mol. The molecule has 0 radical (unpaired) electrons. The summed E-state index contributed by atoms with van der Waals surface area (Å²) in [5, 5.41) is 18.3. The maximum absolute atomic E-state index is 12.2. The molecule has 1 N–H and O–H groups in total. The van der Waals surface area contributed by atoms with Crippen LogP contribution in [0.5, 0.6) is 0 Å². The molecule has 0 aliphatic rings. The number of aliphatic hydroxyl groups excluding tert-OH is 1. The zero-order valence-corrected chi connectivity index (χ0v) is 16.6. The number of fused-ring (bicyclic) bond motifs is 3. The second-order valence-electron chi connectivity index (χ2n) is 7.12.